The van der Waals surface area contributed by atoms with Crippen molar-refractivity contribution in [3.05, 3.63) is 0 Å². The van der Waals surface area contributed by atoms with Crippen LogP contribution in [0.25, 0.3) is 0 Å². The molecule has 1 aliphatic rings. The van der Waals surface area contributed by atoms with Gasteiger partial charge >= 0.3 is 5.97 Å². The third kappa shape index (κ3) is 1.42. The molecule has 3 nitrogen and oxygen atoms in total. The van der Waals surface area contributed by atoms with Gasteiger partial charge in [0.2, 0.25) is 0 Å². The van der Waals surface area contributed by atoms with E-state index in [1.165, 1.54) is 6.92 Å². The van der Waals surface area contributed by atoms with Crippen LogP contribution in [-0.2, 0) is 9.53 Å². The van der Waals surface area contributed by atoms with E-state index < -0.39 is 6.10 Å². The van der Waals surface area contributed by atoms with E-state index >= 15 is 0 Å². The van der Waals surface area contributed by atoms with E-state index in [9.17, 15) is 4.79 Å². The maximum absolute atomic E-state index is 10.3. The molecule has 0 aliphatic heterocycles. The molecule has 0 aromatic heterocycles. The second-order valence-electron chi connectivity index (χ2n) is 2.29. The summed E-state index contributed by atoms with van der Waals surface area (Å²) in [5.74, 6) is -0.307. The second-order valence-corrected chi connectivity index (χ2v) is 2.29. The molecule has 0 bridgehead atoms. The summed E-state index contributed by atoms with van der Waals surface area (Å²) < 4.78 is 4.71. The average Bonchev–Trinajstić information content (AvgIpc) is 1.79. The molecule has 1 saturated carbocycles. The Hall–Kier alpha value is -0.570. The topological polar surface area (TPSA) is 46.5 Å². The van der Waals surface area contributed by atoms with Gasteiger partial charge in [0.25, 0.3) is 0 Å². The number of carbonyl (C=O) groups excluding carboxylic acids is 1. The van der Waals surface area contributed by atoms with Crippen molar-refractivity contribution in [3.8, 4) is 0 Å². The van der Waals surface area contributed by atoms with Crippen LogP contribution in [0.2, 0.25) is 0 Å². The summed E-state index contributed by atoms with van der Waals surface area (Å²) in [7, 11) is 0. The molecule has 0 spiro atoms. The Morgan fingerprint density at radius 2 is 2.33 bits per heavy atom. The van der Waals surface area contributed by atoms with Crippen LogP contribution in [0.5, 0.6) is 0 Å². The van der Waals surface area contributed by atoms with Crippen LogP contribution in [0.15, 0.2) is 0 Å². The number of carbonyl (C=O) groups is 1. The summed E-state index contributed by atoms with van der Waals surface area (Å²) in [4.78, 5) is 10.3. The van der Waals surface area contributed by atoms with E-state index in [4.69, 9.17) is 9.84 Å². The molecule has 2 atom stereocenters. The molecule has 1 N–H and O–H groups in total. The maximum Gasteiger partial charge on any atom is 0.302 e. The Morgan fingerprint density at radius 3 is 2.44 bits per heavy atom. The fourth-order valence-electron chi connectivity index (χ4n) is 0.802. The molecule has 0 radical (unpaired) electrons. The number of aliphatic hydroxyl groups excluding tert-OH is 1. The number of hydrogen-bond acceptors (Lipinski definition) is 3. The quantitative estimate of drug-likeness (QED) is 0.511. The summed E-state index contributed by atoms with van der Waals surface area (Å²) in [5, 5.41) is 8.88. The van der Waals surface area contributed by atoms with Gasteiger partial charge in [-0.2, -0.15) is 0 Å². The van der Waals surface area contributed by atoms with Crippen LogP contribution >= 0.6 is 0 Å². The molecule has 1 fully saturated rings. The molecular formula is C6H10O3. The highest BCUT2D eigenvalue weighted by atomic mass is 16.6. The minimum atomic E-state index is -0.408. The highest BCUT2D eigenvalue weighted by Gasteiger charge is 2.31. The van der Waals surface area contributed by atoms with Gasteiger partial charge in [-0.3, -0.25) is 4.79 Å². The third-order valence-electron chi connectivity index (χ3n) is 1.49. The first-order valence-electron chi connectivity index (χ1n) is 3.05. The molecule has 1 rings (SSSR count). The van der Waals surface area contributed by atoms with E-state index in [0.717, 1.165) is 12.8 Å². The highest BCUT2D eigenvalue weighted by Crippen LogP contribution is 2.22. The van der Waals surface area contributed by atoms with Gasteiger partial charge in [0.1, 0.15) is 6.10 Å². The highest BCUT2D eigenvalue weighted by molar-refractivity contribution is 5.66. The largest absolute Gasteiger partial charge is 0.460 e. The van der Waals surface area contributed by atoms with Crippen LogP contribution < -0.4 is 0 Å². The lowest BCUT2D eigenvalue weighted by Gasteiger charge is -2.30. The fraction of sp³-hybridized carbons (Fsp3) is 0.833. The van der Waals surface area contributed by atoms with Crippen molar-refractivity contribution in [2.45, 2.75) is 32.0 Å². The molecule has 52 valence electrons. The maximum atomic E-state index is 10.3. The Kier molecular flexibility index (Phi) is 1.71. The van der Waals surface area contributed by atoms with Gasteiger partial charge < -0.3 is 9.84 Å². The summed E-state index contributed by atoms with van der Waals surface area (Å²) in [6.07, 6.45) is 0.940. The predicted octanol–water partition coefficient (Wildman–Crippen LogP) is 0.0728. The van der Waals surface area contributed by atoms with Gasteiger partial charge in [0, 0.05) is 6.92 Å². The van der Waals surface area contributed by atoms with E-state index in [2.05, 4.69) is 0 Å². The number of hydrogen-bond donors (Lipinski definition) is 1. The lowest BCUT2D eigenvalue weighted by atomic mass is 9.92. The van der Waals surface area contributed by atoms with Crippen LogP contribution in [0.4, 0.5) is 0 Å². The smallest absolute Gasteiger partial charge is 0.302 e. The van der Waals surface area contributed by atoms with Crippen LogP contribution in [0.1, 0.15) is 19.8 Å². The van der Waals surface area contributed by atoms with E-state index in [1.807, 2.05) is 0 Å². The van der Waals surface area contributed by atoms with Crippen molar-refractivity contribution in [1.82, 2.24) is 0 Å². The first-order valence-corrected chi connectivity index (χ1v) is 3.05. The number of ether oxygens (including phenoxy) is 1. The molecule has 0 aromatic rings. The van der Waals surface area contributed by atoms with Gasteiger partial charge in [-0.25, -0.2) is 0 Å². The van der Waals surface area contributed by atoms with Gasteiger partial charge in [-0.15, -0.1) is 0 Å². The monoisotopic (exact) mass is 130 g/mol. The molecule has 0 heterocycles. The van der Waals surface area contributed by atoms with Gasteiger partial charge in [0.05, 0.1) is 6.10 Å². The summed E-state index contributed by atoms with van der Waals surface area (Å²) in [5.41, 5.74) is 0. The van der Waals surface area contributed by atoms with E-state index in [0.29, 0.717) is 0 Å². The first-order chi connectivity index (χ1) is 4.20. The fourth-order valence-corrected chi connectivity index (χ4v) is 0.802. The van der Waals surface area contributed by atoms with Crippen molar-refractivity contribution < 1.29 is 14.6 Å². The van der Waals surface area contributed by atoms with E-state index in [1.54, 1.807) is 0 Å². The molecule has 1 aliphatic carbocycles. The molecule has 0 amide bonds. The summed E-state index contributed by atoms with van der Waals surface area (Å²) >= 11 is 0. The Bertz CT molecular complexity index is 121. The van der Waals surface area contributed by atoms with Crippen molar-refractivity contribution in [1.29, 1.82) is 0 Å². The average molecular weight is 130 g/mol. The summed E-state index contributed by atoms with van der Waals surface area (Å²) in [6.45, 7) is 1.35. The third-order valence-corrected chi connectivity index (χ3v) is 1.49. The molecule has 9 heavy (non-hydrogen) atoms. The number of esters is 1. The Morgan fingerprint density at radius 1 is 1.67 bits per heavy atom. The van der Waals surface area contributed by atoms with Crippen LogP contribution in [0, 0.1) is 0 Å². The Labute approximate surface area is 53.6 Å². The molecule has 2 unspecified atom stereocenters. The van der Waals surface area contributed by atoms with Crippen molar-refractivity contribution in [2.75, 3.05) is 0 Å². The van der Waals surface area contributed by atoms with Gasteiger partial charge in [-0.05, 0) is 12.8 Å². The van der Waals surface area contributed by atoms with Crippen LogP contribution in [-0.4, -0.2) is 23.3 Å². The molecule has 0 saturated heterocycles. The lowest BCUT2D eigenvalue weighted by molar-refractivity contribution is -0.161. The minimum Gasteiger partial charge on any atom is -0.460 e. The van der Waals surface area contributed by atoms with Crippen molar-refractivity contribution in [3.63, 3.8) is 0 Å². The standard InChI is InChI=1S/C6H10O3/c1-4(7)9-6-3-2-5(6)8/h5-6,8H,2-3H2,1H3. The molecular weight excluding hydrogens is 120 g/mol. The van der Waals surface area contributed by atoms with Crippen LogP contribution in [0.3, 0.4) is 0 Å². The minimum absolute atomic E-state index is 0.220. The normalized spacial score (nSPS) is 33.1. The molecule has 0 aromatic carbocycles. The zero-order valence-corrected chi connectivity index (χ0v) is 5.33. The van der Waals surface area contributed by atoms with Gasteiger partial charge in [-0.1, -0.05) is 0 Å². The molecule has 3 heteroatoms. The lowest BCUT2D eigenvalue weighted by Crippen LogP contribution is -2.39. The number of aliphatic hydroxyl groups is 1. The summed E-state index contributed by atoms with van der Waals surface area (Å²) in [6, 6.07) is 0. The SMILES string of the molecule is CC(=O)OC1CCC1O. The zero-order chi connectivity index (χ0) is 6.85. The van der Waals surface area contributed by atoms with E-state index in [-0.39, 0.29) is 12.1 Å². The zero-order valence-electron chi connectivity index (χ0n) is 5.33. The first kappa shape index (κ1) is 6.55. The van der Waals surface area contributed by atoms with Crippen molar-refractivity contribution in [2.24, 2.45) is 0 Å². The van der Waals surface area contributed by atoms with Crippen molar-refractivity contribution >= 4 is 5.97 Å². The predicted molar refractivity (Wildman–Crippen MR) is 30.8 cm³/mol. The Balaban J connectivity index is 2.21. The number of rotatable bonds is 1. The second kappa shape index (κ2) is 2.35. The van der Waals surface area contributed by atoms with Gasteiger partial charge in [0.15, 0.2) is 0 Å².